The van der Waals surface area contributed by atoms with Crippen molar-refractivity contribution in [3.8, 4) is 0 Å². The van der Waals surface area contributed by atoms with Crippen LogP contribution in [0.5, 0.6) is 0 Å². The van der Waals surface area contributed by atoms with E-state index < -0.39 is 0 Å². The number of hydrogen-bond donors (Lipinski definition) is 1. The molecule has 0 bridgehead atoms. The van der Waals surface area contributed by atoms with Crippen LogP contribution in [0.25, 0.3) is 0 Å². The fraction of sp³-hybridized carbons (Fsp3) is 0.312. The Bertz CT molecular complexity index is 586. The number of aromatic nitrogens is 1. The minimum atomic E-state index is -0.311. The number of hydrogen-bond acceptors (Lipinski definition) is 2. The van der Waals surface area contributed by atoms with Gasteiger partial charge in [-0.3, -0.25) is 4.98 Å². The number of nitrogens with zero attached hydrogens (tertiary/aromatic N) is 1. The first-order valence-corrected chi connectivity index (χ1v) is 7.11. The van der Waals surface area contributed by atoms with Crippen LogP contribution >= 0.6 is 11.6 Å². The fourth-order valence-electron chi connectivity index (χ4n) is 2.12. The minimum absolute atomic E-state index is 0.257. The molecule has 4 heteroatoms. The summed E-state index contributed by atoms with van der Waals surface area (Å²) in [5.41, 5.74) is 2.31. The summed E-state index contributed by atoms with van der Waals surface area (Å²) in [6.45, 7) is 4.80. The molecule has 0 amide bonds. The summed E-state index contributed by atoms with van der Waals surface area (Å²) in [6, 6.07) is 10.3. The summed E-state index contributed by atoms with van der Waals surface area (Å²) in [4.78, 5) is 4.50. The summed E-state index contributed by atoms with van der Waals surface area (Å²) in [5, 5.41) is 3.74. The van der Waals surface area contributed by atoms with Crippen LogP contribution in [0.2, 0.25) is 5.02 Å². The minimum Gasteiger partial charge on any atom is -0.305 e. The van der Waals surface area contributed by atoms with Gasteiger partial charge in [-0.05, 0) is 44.2 Å². The maximum absolute atomic E-state index is 14.2. The van der Waals surface area contributed by atoms with Gasteiger partial charge in [-0.2, -0.15) is 0 Å². The largest absolute Gasteiger partial charge is 0.305 e. The molecule has 0 aliphatic heterocycles. The summed E-state index contributed by atoms with van der Waals surface area (Å²) < 4.78 is 14.2. The highest BCUT2D eigenvalue weighted by molar-refractivity contribution is 6.30. The number of aryl methyl sites for hydroxylation is 1. The number of benzene rings is 1. The fourth-order valence-corrected chi connectivity index (χ4v) is 2.28. The molecule has 1 aromatic heterocycles. The second-order valence-corrected chi connectivity index (χ2v) is 5.19. The van der Waals surface area contributed by atoms with Crippen molar-refractivity contribution in [2.24, 2.45) is 0 Å². The molecule has 106 valence electrons. The monoisotopic (exact) mass is 292 g/mol. The van der Waals surface area contributed by atoms with E-state index in [9.17, 15) is 4.39 Å². The van der Waals surface area contributed by atoms with Crippen molar-refractivity contribution in [3.63, 3.8) is 0 Å². The predicted octanol–water partition coefficient (Wildman–Crippen LogP) is 4.27. The molecule has 0 fully saturated rings. The van der Waals surface area contributed by atoms with Crippen LogP contribution in [0.1, 0.15) is 36.3 Å². The van der Waals surface area contributed by atoms with Gasteiger partial charge in [0, 0.05) is 16.3 Å². The van der Waals surface area contributed by atoms with Gasteiger partial charge < -0.3 is 5.32 Å². The van der Waals surface area contributed by atoms with Crippen LogP contribution in [-0.2, 0) is 0 Å². The quantitative estimate of drug-likeness (QED) is 0.890. The Hall–Kier alpha value is -1.45. The third-order valence-electron chi connectivity index (χ3n) is 3.08. The van der Waals surface area contributed by atoms with Crippen LogP contribution < -0.4 is 5.32 Å². The summed E-state index contributed by atoms with van der Waals surface area (Å²) >= 11 is 5.82. The normalized spacial score (nSPS) is 12.4. The molecule has 1 atom stereocenters. The van der Waals surface area contributed by atoms with Crippen LogP contribution in [0.4, 0.5) is 4.39 Å². The summed E-state index contributed by atoms with van der Waals surface area (Å²) in [7, 11) is 0. The van der Waals surface area contributed by atoms with Gasteiger partial charge in [-0.1, -0.05) is 30.7 Å². The SMILES string of the molecule is CCCNC(c1cccc(C)n1)c1ccc(Cl)cc1F. The molecule has 1 heterocycles. The van der Waals surface area contributed by atoms with E-state index in [0.717, 1.165) is 24.4 Å². The molecular formula is C16H18ClFN2. The third-order valence-corrected chi connectivity index (χ3v) is 3.31. The van der Waals surface area contributed by atoms with E-state index >= 15 is 0 Å². The van der Waals surface area contributed by atoms with Crippen LogP contribution in [0.3, 0.4) is 0 Å². The topological polar surface area (TPSA) is 24.9 Å². The van der Waals surface area contributed by atoms with E-state index in [-0.39, 0.29) is 11.9 Å². The molecular weight excluding hydrogens is 275 g/mol. The van der Waals surface area contributed by atoms with Crippen molar-refractivity contribution in [1.29, 1.82) is 0 Å². The Morgan fingerprint density at radius 1 is 1.30 bits per heavy atom. The molecule has 0 saturated carbocycles. The Kier molecular flexibility index (Phi) is 5.10. The van der Waals surface area contributed by atoms with Crippen molar-refractivity contribution >= 4 is 11.6 Å². The van der Waals surface area contributed by atoms with E-state index in [0.29, 0.717) is 10.6 Å². The van der Waals surface area contributed by atoms with E-state index in [4.69, 9.17) is 11.6 Å². The van der Waals surface area contributed by atoms with Crippen molar-refractivity contribution in [3.05, 3.63) is 64.2 Å². The number of nitrogens with one attached hydrogen (secondary N) is 1. The zero-order valence-electron chi connectivity index (χ0n) is 11.7. The van der Waals surface area contributed by atoms with Crippen LogP contribution in [0, 0.1) is 12.7 Å². The van der Waals surface area contributed by atoms with E-state index in [1.54, 1.807) is 12.1 Å². The van der Waals surface area contributed by atoms with Crippen LogP contribution in [0.15, 0.2) is 36.4 Å². The average molecular weight is 293 g/mol. The highest BCUT2D eigenvalue weighted by Gasteiger charge is 2.18. The molecule has 0 saturated heterocycles. The second kappa shape index (κ2) is 6.82. The van der Waals surface area contributed by atoms with E-state index in [1.165, 1.54) is 6.07 Å². The first-order valence-electron chi connectivity index (χ1n) is 6.73. The molecule has 0 spiro atoms. The lowest BCUT2D eigenvalue weighted by molar-refractivity contribution is 0.539. The number of pyridine rings is 1. The maximum atomic E-state index is 14.2. The average Bonchev–Trinajstić information content (AvgIpc) is 2.41. The Labute approximate surface area is 124 Å². The standard InChI is InChI=1S/C16H18ClFN2/c1-3-9-19-16(15-6-4-5-11(2)20-15)13-8-7-12(17)10-14(13)18/h4-8,10,16,19H,3,9H2,1-2H3. The van der Waals surface area contributed by atoms with Gasteiger partial charge in [-0.25, -0.2) is 4.39 Å². The smallest absolute Gasteiger partial charge is 0.129 e. The van der Waals surface area contributed by atoms with Gasteiger partial charge in [0.2, 0.25) is 0 Å². The molecule has 1 N–H and O–H groups in total. The molecule has 2 nitrogen and oxygen atoms in total. The highest BCUT2D eigenvalue weighted by Crippen LogP contribution is 2.25. The third kappa shape index (κ3) is 3.56. The molecule has 0 aliphatic rings. The van der Waals surface area contributed by atoms with Crippen molar-refractivity contribution in [2.75, 3.05) is 6.54 Å². The van der Waals surface area contributed by atoms with Crippen molar-refractivity contribution in [1.82, 2.24) is 10.3 Å². The molecule has 2 aromatic rings. The zero-order chi connectivity index (χ0) is 14.5. The van der Waals surface area contributed by atoms with E-state index in [2.05, 4.69) is 17.2 Å². The summed E-state index contributed by atoms with van der Waals surface area (Å²) in [5.74, 6) is -0.311. The van der Waals surface area contributed by atoms with Gasteiger partial charge in [0.1, 0.15) is 5.82 Å². The lowest BCUT2D eigenvalue weighted by Crippen LogP contribution is -2.25. The summed E-state index contributed by atoms with van der Waals surface area (Å²) in [6.07, 6.45) is 0.970. The van der Waals surface area contributed by atoms with E-state index in [1.807, 2.05) is 25.1 Å². The maximum Gasteiger partial charge on any atom is 0.129 e. The molecule has 1 aromatic carbocycles. The van der Waals surface area contributed by atoms with Gasteiger partial charge >= 0.3 is 0 Å². The Morgan fingerprint density at radius 2 is 2.10 bits per heavy atom. The lowest BCUT2D eigenvalue weighted by Gasteiger charge is -2.19. The molecule has 2 rings (SSSR count). The van der Waals surface area contributed by atoms with Crippen LogP contribution in [-0.4, -0.2) is 11.5 Å². The molecule has 0 radical (unpaired) electrons. The van der Waals surface area contributed by atoms with Crippen molar-refractivity contribution < 1.29 is 4.39 Å². The Morgan fingerprint density at radius 3 is 2.75 bits per heavy atom. The number of halogens is 2. The first-order chi connectivity index (χ1) is 9.61. The molecule has 20 heavy (non-hydrogen) atoms. The number of rotatable bonds is 5. The predicted molar refractivity (Wildman–Crippen MR) is 80.5 cm³/mol. The molecule has 1 unspecified atom stereocenters. The first kappa shape index (κ1) is 14.9. The molecule has 0 aliphatic carbocycles. The Balaban J connectivity index is 2.41. The highest BCUT2D eigenvalue weighted by atomic mass is 35.5. The second-order valence-electron chi connectivity index (χ2n) is 4.76. The van der Waals surface area contributed by atoms with Gasteiger partial charge in [0.05, 0.1) is 11.7 Å². The lowest BCUT2D eigenvalue weighted by atomic mass is 10.0. The van der Waals surface area contributed by atoms with Gasteiger partial charge in [0.25, 0.3) is 0 Å². The van der Waals surface area contributed by atoms with Gasteiger partial charge in [-0.15, -0.1) is 0 Å². The zero-order valence-corrected chi connectivity index (χ0v) is 12.4. The van der Waals surface area contributed by atoms with Crippen molar-refractivity contribution in [2.45, 2.75) is 26.3 Å². The van der Waals surface area contributed by atoms with Gasteiger partial charge in [0.15, 0.2) is 0 Å².